The second-order valence-corrected chi connectivity index (χ2v) is 5.13. The summed E-state index contributed by atoms with van der Waals surface area (Å²) < 4.78 is 0. The van der Waals surface area contributed by atoms with Crippen LogP contribution >= 0.6 is 34.8 Å². The molecule has 11 heavy (non-hydrogen) atoms. The molecule has 0 aromatic rings. The van der Waals surface area contributed by atoms with Gasteiger partial charge in [0.05, 0.1) is 15.6 Å². The molecular weight excluding hydrogens is 202 g/mol. The average molecular weight is 216 g/mol. The van der Waals surface area contributed by atoms with Gasteiger partial charge in [-0.1, -0.05) is 12.2 Å². The van der Waals surface area contributed by atoms with Crippen LogP contribution in [0.2, 0.25) is 0 Å². The Labute approximate surface area is 83.5 Å². The van der Waals surface area contributed by atoms with E-state index in [4.69, 9.17) is 34.8 Å². The molecule has 0 aromatic carbocycles. The summed E-state index contributed by atoms with van der Waals surface area (Å²) in [6.07, 6.45) is 0. The van der Waals surface area contributed by atoms with Gasteiger partial charge in [0.15, 0.2) is 0 Å². The lowest BCUT2D eigenvalue weighted by molar-refractivity contribution is 0.639. The Morgan fingerprint density at radius 1 is 1.36 bits per heavy atom. The minimum Gasteiger partial charge on any atom is -0.119 e. The molecule has 0 aliphatic heterocycles. The summed E-state index contributed by atoms with van der Waals surface area (Å²) in [5, 5.41) is -0.549. The molecule has 0 bridgehead atoms. The van der Waals surface area contributed by atoms with E-state index in [1.54, 1.807) is 0 Å². The van der Waals surface area contributed by atoms with E-state index in [0.29, 0.717) is 0 Å². The van der Waals surface area contributed by atoms with Crippen molar-refractivity contribution >= 4 is 34.8 Å². The molecule has 0 spiro atoms. The minimum absolute atomic E-state index is 0.260. The smallest absolute Gasteiger partial charge is 0.0723 e. The largest absolute Gasteiger partial charge is 0.119 e. The number of hydrogen-bond acceptors (Lipinski definition) is 0. The first-order valence-electron chi connectivity index (χ1n) is 3.39. The summed E-state index contributed by atoms with van der Waals surface area (Å²) in [5.74, 6) is 0. The Hall–Kier alpha value is 0.610. The van der Waals surface area contributed by atoms with Crippen LogP contribution in [0.25, 0.3) is 0 Å². The molecule has 0 radical (unpaired) electrons. The van der Waals surface area contributed by atoms with Crippen LogP contribution in [-0.4, -0.2) is 15.6 Å². The van der Waals surface area contributed by atoms with Crippen LogP contribution in [-0.2, 0) is 0 Å². The van der Waals surface area contributed by atoms with E-state index in [2.05, 4.69) is 6.58 Å². The second kappa shape index (κ2) is 4.02. The van der Waals surface area contributed by atoms with E-state index in [1.165, 1.54) is 0 Å². The molecule has 0 saturated heterocycles. The number of alkyl halides is 3. The third-order valence-electron chi connectivity index (χ3n) is 1.38. The van der Waals surface area contributed by atoms with Crippen LogP contribution in [0, 0.1) is 0 Å². The van der Waals surface area contributed by atoms with Crippen molar-refractivity contribution in [3.63, 3.8) is 0 Å². The highest BCUT2D eigenvalue weighted by Crippen LogP contribution is 2.31. The second-order valence-electron chi connectivity index (χ2n) is 3.21. The number of allylic oxidation sites excluding steroid dienone is 1. The van der Waals surface area contributed by atoms with Gasteiger partial charge >= 0.3 is 0 Å². The highest BCUT2D eigenvalue weighted by atomic mass is 35.5. The van der Waals surface area contributed by atoms with E-state index < -0.39 is 4.87 Å². The topological polar surface area (TPSA) is 0 Å². The van der Waals surface area contributed by atoms with Crippen LogP contribution in [0.15, 0.2) is 12.2 Å². The number of rotatable bonds is 3. The van der Waals surface area contributed by atoms with Crippen molar-refractivity contribution < 1.29 is 0 Å². The van der Waals surface area contributed by atoms with Gasteiger partial charge in [-0.15, -0.1) is 34.8 Å². The summed E-state index contributed by atoms with van der Waals surface area (Å²) >= 11 is 17.9. The lowest BCUT2D eigenvalue weighted by Gasteiger charge is -2.26. The standard InChI is InChI=1S/C8H13Cl3/c1-5(2)6(9)7(10)8(3,4)11/h6-7H,1H2,2-4H3/t6-,7+/m0/s1. The maximum atomic E-state index is 5.98. The molecule has 0 saturated carbocycles. The molecule has 0 aliphatic rings. The SMILES string of the molecule is C=C(C)[C@H](Cl)[C@@H](Cl)C(C)(C)Cl. The Bertz CT molecular complexity index is 146. The van der Waals surface area contributed by atoms with Gasteiger partial charge in [-0.3, -0.25) is 0 Å². The Morgan fingerprint density at radius 2 is 1.73 bits per heavy atom. The van der Waals surface area contributed by atoms with Crippen LogP contribution in [0.1, 0.15) is 20.8 Å². The zero-order valence-corrected chi connectivity index (χ0v) is 9.26. The summed E-state index contributed by atoms with van der Waals surface area (Å²) in [5.41, 5.74) is 0.848. The molecule has 0 rings (SSSR count). The van der Waals surface area contributed by atoms with Crippen molar-refractivity contribution in [2.45, 2.75) is 36.4 Å². The highest BCUT2D eigenvalue weighted by molar-refractivity contribution is 6.37. The highest BCUT2D eigenvalue weighted by Gasteiger charge is 2.31. The summed E-state index contributed by atoms with van der Waals surface area (Å²) in [6, 6.07) is 0. The molecule has 0 amide bonds. The molecule has 0 aromatic heterocycles. The van der Waals surface area contributed by atoms with E-state index in [0.717, 1.165) is 5.57 Å². The fraction of sp³-hybridized carbons (Fsp3) is 0.750. The molecule has 0 aliphatic carbocycles. The fourth-order valence-electron chi connectivity index (χ4n) is 0.598. The van der Waals surface area contributed by atoms with Crippen molar-refractivity contribution in [2.24, 2.45) is 0 Å². The van der Waals surface area contributed by atoms with Gasteiger partial charge in [0.1, 0.15) is 0 Å². The maximum absolute atomic E-state index is 5.98. The van der Waals surface area contributed by atoms with Crippen molar-refractivity contribution in [1.29, 1.82) is 0 Å². The van der Waals surface area contributed by atoms with E-state index in [-0.39, 0.29) is 10.8 Å². The lowest BCUT2D eigenvalue weighted by atomic mass is 10.0. The van der Waals surface area contributed by atoms with Crippen molar-refractivity contribution in [3.05, 3.63) is 12.2 Å². The third kappa shape index (κ3) is 3.68. The molecule has 0 N–H and O–H groups in total. The van der Waals surface area contributed by atoms with Gasteiger partial charge in [0, 0.05) is 0 Å². The Morgan fingerprint density at radius 3 is 1.82 bits per heavy atom. The number of halogens is 3. The van der Waals surface area contributed by atoms with Crippen molar-refractivity contribution in [2.75, 3.05) is 0 Å². The van der Waals surface area contributed by atoms with E-state index in [1.807, 2.05) is 20.8 Å². The van der Waals surface area contributed by atoms with Crippen LogP contribution in [0.5, 0.6) is 0 Å². The predicted octanol–water partition coefficient (Wildman–Crippen LogP) is 3.79. The van der Waals surface area contributed by atoms with Gasteiger partial charge in [0.2, 0.25) is 0 Å². The first-order chi connectivity index (χ1) is 4.76. The molecule has 0 unspecified atom stereocenters. The minimum atomic E-state index is -0.493. The van der Waals surface area contributed by atoms with Gasteiger partial charge in [-0.25, -0.2) is 0 Å². The zero-order valence-electron chi connectivity index (χ0n) is 7.00. The quantitative estimate of drug-likeness (QED) is 0.496. The first kappa shape index (κ1) is 11.6. The summed E-state index contributed by atoms with van der Waals surface area (Å²) in [4.78, 5) is -0.493. The van der Waals surface area contributed by atoms with E-state index >= 15 is 0 Å². The van der Waals surface area contributed by atoms with Gasteiger partial charge < -0.3 is 0 Å². The summed E-state index contributed by atoms with van der Waals surface area (Å²) in [7, 11) is 0. The molecule has 0 fully saturated rings. The molecule has 66 valence electrons. The monoisotopic (exact) mass is 214 g/mol. The van der Waals surface area contributed by atoms with E-state index in [9.17, 15) is 0 Å². The maximum Gasteiger partial charge on any atom is 0.0723 e. The van der Waals surface area contributed by atoms with Crippen LogP contribution in [0.3, 0.4) is 0 Å². The Balaban J connectivity index is 4.25. The van der Waals surface area contributed by atoms with Crippen molar-refractivity contribution in [1.82, 2.24) is 0 Å². The normalized spacial score (nSPS) is 17.6. The number of hydrogen-bond donors (Lipinski definition) is 0. The predicted molar refractivity (Wildman–Crippen MR) is 54.0 cm³/mol. The molecule has 2 atom stereocenters. The van der Waals surface area contributed by atoms with Crippen LogP contribution < -0.4 is 0 Å². The third-order valence-corrected chi connectivity index (χ3v) is 3.28. The Kier molecular flexibility index (Phi) is 4.24. The molecule has 0 nitrogen and oxygen atoms in total. The van der Waals surface area contributed by atoms with Crippen LogP contribution in [0.4, 0.5) is 0 Å². The zero-order chi connectivity index (χ0) is 9.23. The van der Waals surface area contributed by atoms with Crippen molar-refractivity contribution in [3.8, 4) is 0 Å². The molecular formula is C8H13Cl3. The molecule has 3 heteroatoms. The van der Waals surface area contributed by atoms with Gasteiger partial charge in [-0.05, 0) is 20.8 Å². The molecule has 0 heterocycles. The average Bonchev–Trinajstić information content (AvgIpc) is 1.82. The van der Waals surface area contributed by atoms with Gasteiger partial charge in [-0.2, -0.15) is 0 Å². The fourth-order valence-corrected chi connectivity index (χ4v) is 1.32. The summed E-state index contributed by atoms with van der Waals surface area (Å²) in [6.45, 7) is 9.23. The first-order valence-corrected chi connectivity index (χ1v) is 4.64. The van der Waals surface area contributed by atoms with Gasteiger partial charge in [0.25, 0.3) is 0 Å². The lowest BCUT2D eigenvalue weighted by Crippen LogP contribution is -2.33.